The summed E-state index contributed by atoms with van der Waals surface area (Å²) in [6.07, 6.45) is 10.5. The number of benzene rings is 2. The first kappa shape index (κ1) is 47.9. The summed E-state index contributed by atoms with van der Waals surface area (Å²) in [5.74, 6) is -4.69. The normalized spacial score (nSPS) is 12.4. The molecule has 4 aromatic heterocycles. The number of aromatic nitrogens is 6. The quantitative estimate of drug-likeness (QED) is 0.0612. The maximum absolute atomic E-state index is 12.8. The summed E-state index contributed by atoms with van der Waals surface area (Å²) in [7, 11) is -4.64. The Morgan fingerprint density at radius 1 is 0.806 bits per heavy atom. The molecule has 5 heterocycles. The van der Waals surface area contributed by atoms with Crippen molar-refractivity contribution in [3.05, 3.63) is 145 Å². The number of hydrogen-bond acceptors (Lipinski definition) is 12. The van der Waals surface area contributed by atoms with E-state index in [1.54, 1.807) is 40.1 Å². The second-order valence-corrected chi connectivity index (χ2v) is 14.6. The average Bonchev–Trinajstić information content (AvgIpc) is 4.06. The SMILES string of the molecule is Cc1ccnc(-c2cc(C(=O)NC(CS(=O)(=O)O)C(=O)NCCCCC(=O)ON3C(=O)CCC3=O)ccn2)c1.[Ir].[c-]1ccccc1-n1cccn1.[c-]1ccccc1-n1cccn1. The van der Waals surface area contributed by atoms with Gasteiger partial charge < -0.3 is 15.5 Å². The zero-order chi connectivity index (χ0) is 43.6. The van der Waals surface area contributed by atoms with Gasteiger partial charge in [0.1, 0.15) is 11.8 Å². The molecule has 325 valence electrons. The molecule has 1 atom stereocenters. The zero-order valence-electron chi connectivity index (χ0n) is 33.2. The number of pyridine rings is 2. The molecule has 3 N–H and O–H groups in total. The molecule has 4 amide bonds. The number of hydroxylamine groups is 2. The molecule has 1 radical (unpaired) electrons. The van der Waals surface area contributed by atoms with E-state index < -0.39 is 51.5 Å². The summed E-state index contributed by atoms with van der Waals surface area (Å²) in [6, 6.07) is 30.2. The van der Waals surface area contributed by atoms with E-state index in [9.17, 15) is 36.9 Å². The second kappa shape index (κ2) is 23.9. The molecule has 1 aliphatic rings. The molecule has 1 unspecified atom stereocenters. The van der Waals surface area contributed by atoms with Crippen LogP contribution in [0.25, 0.3) is 22.8 Å². The van der Waals surface area contributed by atoms with E-state index in [-0.39, 0.29) is 64.3 Å². The van der Waals surface area contributed by atoms with Gasteiger partial charge in [-0.3, -0.25) is 43.1 Å². The maximum Gasteiger partial charge on any atom is 0.333 e. The van der Waals surface area contributed by atoms with Crippen molar-refractivity contribution in [1.82, 2.24) is 45.2 Å². The summed E-state index contributed by atoms with van der Waals surface area (Å²) >= 11 is 0. The molecule has 18 nitrogen and oxygen atoms in total. The molecule has 0 aliphatic carbocycles. The molecular weight excluding hydrogens is 999 g/mol. The van der Waals surface area contributed by atoms with E-state index >= 15 is 0 Å². The van der Waals surface area contributed by atoms with Gasteiger partial charge in [-0.1, -0.05) is 0 Å². The molecule has 7 rings (SSSR count). The molecule has 20 heteroatoms. The van der Waals surface area contributed by atoms with Crippen LogP contribution in [0.4, 0.5) is 0 Å². The van der Waals surface area contributed by atoms with Gasteiger partial charge in [-0.15, -0.1) is 17.2 Å². The van der Waals surface area contributed by atoms with Crippen molar-refractivity contribution in [3.63, 3.8) is 0 Å². The van der Waals surface area contributed by atoms with Crippen LogP contribution in [0, 0.1) is 19.1 Å². The van der Waals surface area contributed by atoms with Crippen LogP contribution < -0.4 is 10.6 Å². The van der Waals surface area contributed by atoms with Crippen molar-refractivity contribution in [1.29, 1.82) is 0 Å². The summed E-state index contributed by atoms with van der Waals surface area (Å²) < 4.78 is 35.8. The van der Waals surface area contributed by atoms with Crippen molar-refractivity contribution >= 4 is 39.7 Å². The van der Waals surface area contributed by atoms with E-state index in [4.69, 9.17) is 4.84 Å². The fourth-order valence-electron chi connectivity index (χ4n) is 5.43. The third kappa shape index (κ3) is 15.4. The summed E-state index contributed by atoms with van der Waals surface area (Å²) in [5, 5.41) is 13.3. The summed E-state index contributed by atoms with van der Waals surface area (Å²) in [6.45, 7) is 1.87. The van der Waals surface area contributed by atoms with E-state index in [2.05, 4.69) is 42.9 Å². The van der Waals surface area contributed by atoms with Gasteiger partial charge in [-0.2, -0.15) is 67.1 Å². The molecule has 62 heavy (non-hydrogen) atoms. The van der Waals surface area contributed by atoms with E-state index in [1.807, 2.05) is 80.0 Å². The Bertz CT molecular complexity index is 2410. The van der Waals surface area contributed by atoms with Gasteiger partial charge in [0.15, 0.2) is 0 Å². The zero-order valence-corrected chi connectivity index (χ0v) is 36.4. The average molecular weight is 1040 g/mol. The van der Waals surface area contributed by atoms with Crippen molar-refractivity contribution < 1.29 is 61.9 Å². The molecule has 2 aromatic carbocycles. The minimum absolute atomic E-state index is 0. The first-order valence-corrected chi connectivity index (χ1v) is 20.4. The number of nitrogens with one attached hydrogen (secondary N) is 2. The predicted octanol–water partition coefficient (Wildman–Crippen LogP) is 3.67. The fraction of sp³-hybridized carbons (Fsp3) is 0.214. The number of amides is 4. The van der Waals surface area contributed by atoms with Crippen molar-refractivity contribution in [2.75, 3.05) is 12.3 Å². The van der Waals surface area contributed by atoms with Crippen LogP contribution in [0.2, 0.25) is 0 Å². The number of para-hydroxylation sites is 2. The molecule has 0 spiro atoms. The first-order valence-electron chi connectivity index (χ1n) is 18.8. The topological polar surface area (TPSA) is 238 Å². The number of imide groups is 1. The Balaban J connectivity index is 0.000000293. The molecular formula is C42H41IrN9O9S-2. The van der Waals surface area contributed by atoms with Crippen LogP contribution in [-0.4, -0.2) is 95.5 Å². The van der Waals surface area contributed by atoms with Crippen LogP contribution in [0.5, 0.6) is 0 Å². The molecule has 0 saturated carbocycles. The van der Waals surface area contributed by atoms with Crippen LogP contribution in [0.3, 0.4) is 0 Å². The van der Waals surface area contributed by atoms with Gasteiger partial charge >= 0.3 is 5.97 Å². The third-order valence-electron chi connectivity index (χ3n) is 8.39. The number of rotatable bonds is 14. The number of nitrogens with zero attached hydrogens (tertiary/aromatic N) is 7. The van der Waals surface area contributed by atoms with E-state index in [0.29, 0.717) is 16.5 Å². The van der Waals surface area contributed by atoms with Crippen LogP contribution in [-0.2, 0) is 54.2 Å². The van der Waals surface area contributed by atoms with Gasteiger partial charge in [-0.25, -0.2) is 4.79 Å². The van der Waals surface area contributed by atoms with Gasteiger partial charge in [0.2, 0.25) is 5.91 Å². The Morgan fingerprint density at radius 3 is 1.90 bits per heavy atom. The van der Waals surface area contributed by atoms with Crippen molar-refractivity contribution in [3.8, 4) is 22.8 Å². The van der Waals surface area contributed by atoms with Crippen LogP contribution in [0.1, 0.15) is 48.0 Å². The Kier molecular flexibility index (Phi) is 18.5. The molecule has 1 aliphatic heterocycles. The van der Waals surface area contributed by atoms with Crippen molar-refractivity contribution in [2.45, 2.75) is 45.1 Å². The molecule has 6 aromatic rings. The number of unbranched alkanes of at least 4 members (excludes halogenated alkanes) is 1. The van der Waals surface area contributed by atoms with Crippen LogP contribution in [0.15, 0.2) is 122 Å². The summed E-state index contributed by atoms with van der Waals surface area (Å²) in [4.78, 5) is 73.4. The third-order valence-corrected chi connectivity index (χ3v) is 9.15. The first-order chi connectivity index (χ1) is 29.4. The largest absolute Gasteiger partial charge is 0.354 e. The number of carbonyl (C=O) groups is 5. The van der Waals surface area contributed by atoms with Crippen molar-refractivity contribution in [2.24, 2.45) is 0 Å². The maximum atomic E-state index is 12.8. The Hall–Kier alpha value is -6.73. The number of hydrogen-bond donors (Lipinski definition) is 3. The van der Waals surface area contributed by atoms with Gasteiger partial charge in [0, 0.05) is 88.7 Å². The predicted molar refractivity (Wildman–Crippen MR) is 219 cm³/mol. The van der Waals surface area contributed by atoms with Crippen LogP contribution >= 0.6 is 0 Å². The molecule has 1 fully saturated rings. The van der Waals surface area contributed by atoms with Gasteiger partial charge in [0.25, 0.3) is 27.8 Å². The minimum atomic E-state index is -4.64. The summed E-state index contributed by atoms with van der Waals surface area (Å²) in [5.41, 5.74) is 3.86. The van der Waals surface area contributed by atoms with E-state index in [0.717, 1.165) is 16.9 Å². The minimum Gasteiger partial charge on any atom is -0.354 e. The fourth-order valence-corrected chi connectivity index (χ4v) is 6.09. The number of carbonyl (C=O) groups excluding carboxylic acids is 5. The standard InChI is InChI=1S/C24H27N5O9S.2C9H7N2.Ir/c1-15-7-10-25-17(12-15)18-13-16(8-11-26-18)23(33)28-19(14-39(35,36)37)24(34)27-9-3-2-4-22(32)38-29-20(30)5-6-21(29)31;2*1-2-5-9(6-3-1)11-8-4-7-10-11;/h7-8,10-13,19H,2-6,9,14H2,1H3,(H,27,34)(H,28,33)(H,35,36,37);2*1-5,7-8H;/q;2*-1;. The second-order valence-electron chi connectivity index (χ2n) is 13.1. The Labute approximate surface area is 370 Å². The van der Waals surface area contributed by atoms with Gasteiger partial charge in [0.05, 0.1) is 11.4 Å². The van der Waals surface area contributed by atoms with Gasteiger partial charge in [-0.05, 0) is 73.1 Å². The van der Waals surface area contributed by atoms with E-state index in [1.165, 1.54) is 18.3 Å². The number of aryl methyl sites for hydroxylation is 1. The monoisotopic (exact) mass is 1040 g/mol. The Morgan fingerprint density at radius 2 is 1.39 bits per heavy atom. The smallest absolute Gasteiger partial charge is 0.333 e. The molecule has 1 saturated heterocycles. The molecule has 0 bridgehead atoms.